The van der Waals surface area contributed by atoms with E-state index in [9.17, 15) is 9.59 Å². The number of carbonyl (C=O) groups is 2. The summed E-state index contributed by atoms with van der Waals surface area (Å²) in [6.07, 6.45) is 0.799. The molecule has 7 heteroatoms. The minimum atomic E-state index is -1.06. The first-order chi connectivity index (χ1) is 11.0. The monoisotopic (exact) mass is 351 g/mol. The lowest BCUT2D eigenvalue weighted by molar-refractivity contribution is -0.139. The molecular formula is C16H14ClNO4S. The number of amides is 1. The molecule has 0 saturated carbocycles. The van der Waals surface area contributed by atoms with Crippen LogP contribution in [0.2, 0.25) is 4.34 Å². The maximum atomic E-state index is 12.6. The summed E-state index contributed by atoms with van der Waals surface area (Å²) in [4.78, 5) is 26.2. The highest BCUT2D eigenvalue weighted by molar-refractivity contribution is 7.16. The molecule has 0 radical (unpaired) electrons. The molecule has 0 saturated heterocycles. The van der Waals surface area contributed by atoms with E-state index in [1.807, 2.05) is 6.07 Å². The van der Waals surface area contributed by atoms with Gasteiger partial charge in [-0.05, 0) is 36.2 Å². The summed E-state index contributed by atoms with van der Waals surface area (Å²) in [5, 5.41) is 8.64. The van der Waals surface area contributed by atoms with Crippen molar-refractivity contribution < 1.29 is 19.4 Å². The van der Waals surface area contributed by atoms with Crippen LogP contribution in [0.3, 0.4) is 0 Å². The van der Waals surface area contributed by atoms with Crippen LogP contribution in [0, 0.1) is 0 Å². The van der Waals surface area contributed by atoms with E-state index in [1.165, 1.54) is 4.88 Å². The van der Waals surface area contributed by atoms with Crippen molar-refractivity contribution >= 4 is 34.8 Å². The molecular weight excluding hydrogens is 338 g/mol. The van der Waals surface area contributed by atoms with E-state index in [2.05, 4.69) is 0 Å². The molecule has 2 heterocycles. The van der Waals surface area contributed by atoms with Crippen LogP contribution < -0.4 is 4.74 Å². The van der Waals surface area contributed by atoms with Gasteiger partial charge in [-0.1, -0.05) is 17.7 Å². The van der Waals surface area contributed by atoms with Crippen molar-refractivity contribution in [2.24, 2.45) is 0 Å². The van der Waals surface area contributed by atoms with Gasteiger partial charge in [0.25, 0.3) is 5.91 Å². The lowest BCUT2D eigenvalue weighted by Gasteiger charge is -2.27. The first-order valence-electron chi connectivity index (χ1n) is 7.04. The molecule has 1 aliphatic rings. The van der Waals surface area contributed by atoms with E-state index in [0.29, 0.717) is 24.4 Å². The smallest absolute Gasteiger partial charge is 0.341 e. The minimum Gasteiger partial charge on any atom is -0.482 e. The maximum Gasteiger partial charge on any atom is 0.341 e. The van der Waals surface area contributed by atoms with Crippen LogP contribution in [0.15, 0.2) is 30.3 Å². The molecule has 0 aliphatic carbocycles. The van der Waals surface area contributed by atoms with Gasteiger partial charge in [0.05, 0.1) is 4.34 Å². The molecule has 23 heavy (non-hydrogen) atoms. The van der Waals surface area contributed by atoms with Gasteiger partial charge >= 0.3 is 5.97 Å². The Labute approximate surface area is 142 Å². The van der Waals surface area contributed by atoms with Crippen LogP contribution in [-0.2, 0) is 17.8 Å². The average Bonchev–Trinajstić information content (AvgIpc) is 2.91. The van der Waals surface area contributed by atoms with Gasteiger partial charge in [-0.15, -0.1) is 11.3 Å². The predicted octanol–water partition coefficient (Wildman–Crippen LogP) is 3.06. The van der Waals surface area contributed by atoms with Crippen molar-refractivity contribution in [2.75, 3.05) is 13.2 Å². The molecule has 0 unspecified atom stereocenters. The number of nitrogens with zero attached hydrogens (tertiary/aromatic N) is 1. The number of halogens is 1. The standard InChI is InChI=1S/C16H14ClNO4S/c17-14-7-11-8-18(5-4-13(11)23-14)16(21)10-2-1-3-12(6-10)22-9-15(19)20/h1-3,6-7H,4-5,8-9H2,(H,19,20). The summed E-state index contributed by atoms with van der Waals surface area (Å²) in [6.45, 7) is 0.749. The number of rotatable bonds is 4. The summed E-state index contributed by atoms with van der Waals surface area (Å²) >= 11 is 7.59. The molecule has 0 spiro atoms. The molecule has 3 rings (SSSR count). The molecule has 5 nitrogen and oxygen atoms in total. The second kappa shape index (κ2) is 6.60. The van der Waals surface area contributed by atoms with Gasteiger partial charge in [0.1, 0.15) is 5.75 Å². The molecule has 1 N–H and O–H groups in total. The first kappa shape index (κ1) is 15.8. The summed E-state index contributed by atoms with van der Waals surface area (Å²) < 4.78 is 5.86. The van der Waals surface area contributed by atoms with Gasteiger partial charge in [-0.25, -0.2) is 4.79 Å². The van der Waals surface area contributed by atoms with Gasteiger partial charge in [0.15, 0.2) is 6.61 Å². The first-order valence-corrected chi connectivity index (χ1v) is 8.23. The fraction of sp³-hybridized carbons (Fsp3) is 0.250. The number of hydrogen-bond acceptors (Lipinski definition) is 4. The zero-order valence-electron chi connectivity index (χ0n) is 12.1. The molecule has 120 valence electrons. The largest absolute Gasteiger partial charge is 0.482 e. The number of benzene rings is 1. The number of carboxylic acid groups (broad SMARTS) is 1. The van der Waals surface area contributed by atoms with E-state index >= 15 is 0 Å². The third-order valence-corrected chi connectivity index (χ3v) is 4.93. The van der Waals surface area contributed by atoms with Crippen LogP contribution in [-0.4, -0.2) is 35.0 Å². The predicted molar refractivity (Wildman–Crippen MR) is 87.3 cm³/mol. The minimum absolute atomic E-state index is 0.0984. The molecule has 1 aliphatic heterocycles. The molecule has 0 bridgehead atoms. The molecule has 1 amide bonds. The highest BCUT2D eigenvalue weighted by Crippen LogP contribution is 2.31. The third-order valence-electron chi connectivity index (χ3n) is 3.57. The van der Waals surface area contributed by atoms with E-state index in [4.69, 9.17) is 21.4 Å². The SMILES string of the molecule is O=C(O)COc1cccc(C(=O)N2CCc3sc(Cl)cc3C2)c1. The zero-order valence-corrected chi connectivity index (χ0v) is 13.7. The fourth-order valence-electron chi connectivity index (χ4n) is 2.52. The number of fused-ring (bicyclic) bond motifs is 1. The second-order valence-corrected chi connectivity index (χ2v) is 6.95. The summed E-state index contributed by atoms with van der Waals surface area (Å²) in [5.41, 5.74) is 1.58. The fourth-order valence-corrected chi connectivity index (χ4v) is 3.81. The van der Waals surface area contributed by atoms with E-state index < -0.39 is 12.6 Å². The molecule has 1 aromatic heterocycles. The Hall–Kier alpha value is -2.05. The molecule has 1 aromatic carbocycles. The normalized spacial score (nSPS) is 13.5. The average molecular weight is 352 g/mol. The van der Waals surface area contributed by atoms with E-state index in [-0.39, 0.29) is 5.91 Å². The number of aliphatic carboxylic acids is 1. The Kier molecular flexibility index (Phi) is 4.54. The van der Waals surface area contributed by atoms with Crippen molar-refractivity contribution in [3.63, 3.8) is 0 Å². The summed E-state index contributed by atoms with van der Waals surface area (Å²) in [5.74, 6) is -0.784. The van der Waals surface area contributed by atoms with Gasteiger partial charge in [0.2, 0.25) is 0 Å². The number of carbonyl (C=O) groups excluding carboxylic acids is 1. The Morgan fingerprint density at radius 1 is 1.35 bits per heavy atom. The Morgan fingerprint density at radius 3 is 2.96 bits per heavy atom. The van der Waals surface area contributed by atoms with Gasteiger partial charge in [0, 0.05) is 23.5 Å². The van der Waals surface area contributed by atoms with Crippen LogP contribution >= 0.6 is 22.9 Å². The van der Waals surface area contributed by atoms with Crippen molar-refractivity contribution in [3.05, 3.63) is 50.7 Å². The Morgan fingerprint density at radius 2 is 2.17 bits per heavy atom. The molecule has 2 aromatic rings. The number of thiophene rings is 1. The summed E-state index contributed by atoms with van der Waals surface area (Å²) in [6, 6.07) is 8.49. The quantitative estimate of drug-likeness (QED) is 0.919. The zero-order chi connectivity index (χ0) is 16.4. The maximum absolute atomic E-state index is 12.6. The van der Waals surface area contributed by atoms with E-state index in [0.717, 1.165) is 16.3 Å². The van der Waals surface area contributed by atoms with Crippen LogP contribution in [0.25, 0.3) is 0 Å². The lowest BCUT2D eigenvalue weighted by Crippen LogP contribution is -2.35. The lowest BCUT2D eigenvalue weighted by atomic mass is 10.1. The summed E-state index contributed by atoms with van der Waals surface area (Å²) in [7, 11) is 0. The topological polar surface area (TPSA) is 66.8 Å². The number of hydrogen-bond donors (Lipinski definition) is 1. The van der Waals surface area contributed by atoms with E-state index in [1.54, 1.807) is 40.5 Å². The number of ether oxygens (including phenoxy) is 1. The second-order valence-electron chi connectivity index (χ2n) is 5.19. The third kappa shape index (κ3) is 3.65. The van der Waals surface area contributed by atoms with Crippen molar-refractivity contribution in [2.45, 2.75) is 13.0 Å². The van der Waals surface area contributed by atoms with Gasteiger partial charge in [-0.3, -0.25) is 4.79 Å². The number of carboxylic acids is 1. The highest BCUT2D eigenvalue weighted by atomic mass is 35.5. The highest BCUT2D eigenvalue weighted by Gasteiger charge is 2.23. The Bertz CT molecular complexity index is 758. The molecule has 0 atom stereocenters. The van der Waals surface area contributed by atoms with Crippen molar-refractivity contribution in [1.82, 2.24) is 4.90 Å². The van der Waals surface area contributed by atoms with Crippen LogP contribution in [0.5, 0.6) is 5.75 Å². The van der Waals surface area contributed by atoms with Crippen molar-refractivity contribution in [3.8, 4) is 5.75 Å². The van der Waals surface area contributed by atoms with Crippen molar-refractivity contribution in [1.29, 1.82) is 0 Å². The van der Waals surface area contributed by atoms with Crippen LogP contribution in [0.1, 0.15) is 20.8 Å². The molecule has 0 fully saturated rings. The van der Waals surface area contributed by atoms with Gasteiger partial charge in [-0.2, -0.15) is 0 Å². The Balaban J connectivity index is 1.73. The van der Waals surface area contributed by atoms with Crippen LogP contribution in [0.4, 0.5) is 0 Å². The van der Waals surface area contributed by atoms with Gasteiger partial charge < -0.3 is 14.7 Å².